The fraction of sp³-hybridized carbons (Fsp3) is 0.942. The van der Waals surface area contributed by atoms with E-state index in [0.717, 1.165) is 75.5 Å². The largest absolute Gasteiger partial charge is 0.462 e. The predicted octanol–water partition coefficient (Wildman–Crippen LogP) is 16.4. The van der Waals surface area contributed by atoms with E-state index >= 15 is 0 Å². The highest BCUT2D eigenvalue weighted by Crippen LogP contribution is 2.18. The van der Waals surface area contributed by atoms with E-state index in [-0.39, 0.29) is 31.1 Å². The lowest BCUT2D eigenvalue weighted by Crippen LogP contribution is -2.30. The van der Waals surface area contributed by atoms with Crippen LogP contribution >= 0.6 is 0 Å². The summed E-state index contributed by atoms with van der Waals surface area (Å²) in [5.74, 6) is 1.62. The average molecular weight is 821 g/mol. The van der Waals surface area contributed by atoms with E-state index < -0.39 is 6.10 Å². The van der Waals surface area contributed by atoms with Crippen molar-refractivity contribution < 1.29 is 28.6 Å². The molecule has 0 heterocycles. The van der Waals surface area contributed by atoms with Crippen molar-refractivity contribution in [3.05, 3.63) is 0 Å². The van der Waals surface area contributed by atoms with E-state index in [2.05, 4.69) is 41.5 Å². The standard InChI is InChI=1S/C52H100O6/c1-7-48(6)40-34-28-24-25-31-37-43-52(55)58-49(45-57-51(54)42-36-30-23-19-15-11-13-17-21-27-33-39-47(4)5)44-56-50(53)41-35-29-22-18-14-10-8-9-12-16-20-26-32-38-46(2)3/h46-49H,7-45H2,1-6H3/t48?,49-/m0/s1. The van der Waals surface area contributed by atoms with Gasteiger partial charge in [0.2, 0.25) is 0 Å². The smallest absolute Gasteiger partial charge is 0.306 e. The molecular weight excluding hydrogens is 721 g/mol. The molecule has 0 saturated carbocycles. The van der Waals surface area contributed by atoms with Crippen molar-refractivity contribution in [3.8, 4) is 0 Å². The number of esters is 3. The van der Waals surface area contributed by atoms with Gasteiger partial charge in [0.05, 0.1) is 0 Å². The highest BCUT2D eigenvalue weighted by atomic mass is 16.6. The lowest BCUT2D eigenvalue weighted by molar-refractivity contribution is -0.167. The zero-order chi connectivity index (χ0) is 42.7. The molecule has 0 aromatic heterocycles. The maximum atomic E-state index is 12.7. The average Bonchev–Trinajstić information content (AvgIpc) is 3.19. The van der Waals surface area contributed by atoms with Crippen LogP contribution in [0.2, 0.25) is 0 Å². The minimum absolute atomic E-state index is 0.0655. The molecule has 0 bridgehead atoms. The van der Waals surface area contributed by atoms with Crippen molar-refractivity contribution in [2.75, 3.05) is 13.2 Å². The Balaban J connectivity index is 4.29. The Bertz CT molecular complexity index is 900. The molecule has 58 heavy (non-hydrogen) atoms. The number of rotatable bonds is 45. The first-order chi connectivity index (χ1) is 28.1. The topological polar surface area (TPSA) is 78.9 Å². The molecule has 6 nitrogen and oxygen atoms in total. The van der Waals surface area contributed by atoms with Crippen LogP contribution in [0.25, 0.3) is 0 Å². The summed E-state index contributed by atoms with van der Waals surface area (Å²) in [6.45, 7) is 13.7. The number of hydrogen-bond acceptors (Lipinski definition) is 6. The van der Waals surface area contributed by atoms with Gasteiger partial charge in [-0.25, -0.2) is 0 Å². The highest BCUT2D eigenvalue weighted by Gasteiger charge is 2.19. The quantitative estimate of drug-likeness (QED) is 0.0346. The molecule has 6 heteroatoms. The lowest BCUT2D eigenvalue weighted by Gasteiger charge is -2.18. The zero-order valence-corrected chi connectivity index (χ0v) is 39.8. The van der Waals surface area contributed by atoms with E-state index in [0.29, 0.717) is 19.3 Å². The number of carbonyl (C=O) groups is 3. The summed E-state index contributed by atoms with van der Waals surface area (Å²) >= 11 is 0. The van der Waals surface area contributed by atoms with Crippen molar-refractivity contribution in [3.63, 3.8) is 0 Å². The summed E-state index contributed by atoms with van der Waals surface area (Å²) in [6.07, 6.45) is 42.3. The number of ether oxygens (including phenoxy) is 3. The van der Waals surface area contributed by atoms with Gasteiger partial charge >= 0.3 is 17.9 Å². The Kier molecular flexibility index (Phi) is 42.3. The molecule has 344 valence electrons. The van der Waals surface area contributed by atoms with Crippen LogP contribution in [0.1, 0.15) is 279 Å². The van der Waals surface area contributed by atoms with Crippen molar-refractivity contribution in [2.45, 2.75) is 285 Å². The summed E-state index contributed by atoms with van der Waals surface area (Å²) in [7, 11) is 0. The minimum Gasteiger partial charge on any atom is -0.462 e. The fourth-order valence-electron chi connectivity index (χ4n) is 7.73. The highest BCUT2D eigenvalue weighted by molar-refractivity contribution is 5.71. The molecule has 0 radical (unpaired) electrons. The Labute approximate surface area is 361 Å². The van der Waals surface area contributed by atoms with E-state index in [1.807, 2.05) is 0 Å². The molecular formula is C52H100O6. The predicted molar refractivity (Wildman–Crippen MR) is 247 cm³/mol. The summed E-state index contributed by atoms with van der Waals surface area (Å²) in [4.78, 5) is 37.9. The minimum atomic E-state index is -0.763. The Morgan fingerprint density at radius 2 is 0.603 bits per heavy atom. The van der Waals surface area contributed by atoms with Crippen LogP contribution in [0.3, 0.4) is 0 Å². The molecule has 2 atom stereocenters. The first-order valence-electron chi connectivity index (χ1n) is 25.6. The normalized spacial score (nSPS) is 12.6. The van der Waals surface area contributed by atoms with Gasteiger partial charge in [-0.3, -0.25) is 14.4 Å². The molecule has 0 aliphatic rings. The summed E-state index contributed by atoms with van der Waals surface area (Å²) < 4.78 is 16.8. The van der Waals surface area contributed by atoms with Gasteiger partial charge < -0.3 is 14.2 Å². The second kappa shape index (κ2) is 43.5. The first-order valence-corrected chi connectivity index (χ1v) is 25.6. The van der Waals surface area contributed by atoms with Crippen molar-refractivity contribution in [1.82, 2.24) is 0 Å². The van der Waals surface area contributed by atoms with Gasteiger partial charge in [0.25, 0.3) is 0 Å². The number of hydrogen-bond donors (Lipinski definition) is 0. The van der Waals surface area contributed by atoms with Crippen molar-refractivity contribution in [1.29, 1.82) is 0 Å². The summed E-state index contributed by atoms with van der Waals surface area (Å²) in [6, 6.07) is 0. The van der Waals surface area contributed by atoms with Crippen LogP contribution in [-0.4, -0.2) is 37.2 Å². The second-order valence-electron chi connectivity index (χ2n) is 19.0. The Morgan fingerprint density at radius 1 is 0.345 bits per heavy atom. The molecule has 0 rings (SSSR count). The molecule has 0 fully saturated rings. The molecule has 0 aromatic carbocycles. The Hall–Kier alpha value is -1.59. The number of carbonyl (C=O) groups excluding carboxylic acids is 3. The third kappa shape index (κ3) is 44.0. The van der Waals surface area contributed by atoms with Gasteiger partial charge in [-0.2, -0.15) is 0 Å². The summed E-state index contributed by atoms with van der Waals surface area (Å²) in [5, 5.41) is 0. The van der Waals surface area contributed by atoms with Crippen LogP contribution in [0, 0.1) is 17.8 Å². The summed E-state index contributed by atoms with van der Waals surface area (Å²) in [5.41, 5.74) is 0. The van der Waals surface area contributed by atoms with Gasteiger partial charge in [-0.05, 0) is 37.0 Å². The molecule has 0 aliphatic heterocycles. The molecule has 0 saturated heterocycles. The third-order valence-corrected chi connectivity index (χ3v) is 12.0. The zero-order valence-electron chi connectivity index (χ0n) is 39.8. The molecule has 0 amide bonds. The SMILES string of the molecule is CCC(C)CCCCCCCCC(=O)O[C@@H](COC(=O)CCCCCCCCCCCCCCCC(C)C)COC(=O)CCCCCCCCCCCCCC(C)C. The molecule has 0 aliphatic carbocycles. The van der Waals surface area contributed by atoms with E-state index in [1.165, 1.54) is 161 Å². The van der Waals surface area contributed by atoms with Gasteiger partial charge in [0, 0.05) is 19.3 Å². The molecule has 0 spiro atoms. The van der Waals surface area contributed by atoms with E-state index in [9.17, 15) is 14.4 Å². The third-order valence-electron chi connectivity index (χ3n) is 12.0. The van der Waals surface area contributed by atoms with E-state index in [1.54, 1.807) is 0 Å². The molecule has 0 N–H and O–H groups in total. The molecule has 0 aromatic rings. The van der Waals surface area contributed by atoms with Gasteiger partial charge in [-0.1, -0.05) is 241 Å². The van der Waals surface area contributed by atoms with E-state index in [4.69, 9.17) is 14.2 Å². The maximum absolute atomic E-state index is 12.7. The lowest BCUT2D eigenvalue weighted by atomic mass is 10.00. The van der Waals surface area contributed by atoms with Gasteiger partial charge in [-0.15, -0.1) is 0 Å². The maximum Gasteiger partial charge on any atom is 0.306 e. The Morgan fingerprint density at radius 3 is 0.897 bits per heavy atom. The van der Waals surface area contributed by atoms with Crippen LogP contribution in [-0.2, 0) is 28.6 Å². The first kappa shape index (κ1) is 56.4. The van der Waals surface area contributed by atoms with Gasteiger partial charge in [0.1, 0.15) is 13.2 Å². The second-order valence-corrected chi connectivity index (χ2v) is 19.0. The molecule has 1 unspecified atom stereocenters. The number of unbranched alkanes of at least 4 members (excludes halogenated alkanes) is 27. The van der Waals surface area contributed by atoms with Crippen LogP contribution in [0.15, 0.2) is 0 Å². The fourth-order valence-corrected chi connectivity index (χ4v) is 7.73. The monoisotopic (exact) mass is 821 g/mol. The van der Waals surface area contributed by atoms with Crippen LogP contribution < -0.4 is 0 Å². The van der Waals surface area contributed by atoms with Gasteiger partial charge in [0.15, 0.2) is 6.10 Å². The van der Waals surface area contributed by atoms with Crippen LogP contribution in [0.4, 0.5) is 0 Å². The van der Waals surface area contributed by atoms with Crippen molar-refractivity contribution in [2.24, 2.45) is 17.8 Å². The van der Waals surface area contributed by atoms with Crippen LogP contribution in [0.5, 0.6) is 0 Å². The van der Waals surface area contributed by atoms with Crippen molar-refractivity contribution >= 4 is 17.9 Å².